The molecule has 2 unspecified atom stereocenters. The summed E-state index contributed by atoms with van der Waals surface area (Å²) < 4.78 is 5.47. The summed E-state index contributed by atoms with van der Waals surface area (Å²) in [6, 6.07) is -0.636. The fraction of sp³-hybridized carbons (Fsp3) is 0.844. The molecule has 0 aliphatic carbocycles. The molecule has 410 valence electrons. The Labute approximate surface area is 436 Å². The van der Waals surface area contributed by atoms with Crippen LogP contribution in [-0.2, 0) is 14.3 Å². The maximum atomic E-state index is 12.5. The first-order valence-electron chi connectivity index (χ1n) is 30.9. The Morgan fingerprint density at radius 3 is 1.13 bits per heavy atom. The molecule has 0 spiro atoms. The van der Waals surface area contributed by atoms with Crippen LogP contribution in [0.3, 0.4) is 0 Å². The Bertz CT molecular complexity index is 1180. The Hall–Kier alpha value is -2.18. The smallest absolute Gasteiger partial charge is 0.305 e. The van der Waals surface area contributed by atoms with E-state index in [4.69, 9.17) is 4.74 Å². The van der Waals surface area contributed by atoms with E-state index in [1.165, 1.54) is 238 Å². The summed E-state index contributed by atoms with van der Waals surface area (Å²) in [6.45, 7) is 4.87. The molecule has 2 atom stereocenters. The minimum Gasteiger partial charge on any atom is -0.466 e. The molecule has 6 nitrogen and oxygen atoms in total. The highest BCUT2D eigenvalue weighted by atomic mass is 16.5. The minimum absolute atomic E-state index is 0.00871. The van der Waals surface area contributed by atoms with Gasteiger partial charge in [-0.05, 0) is 89.9 Å². The molecule has 0 aromatic carbocycles. The molecule has 0 aliphatic rings. The minimum atomic E-state index is -0.851. The molecular formula is C64H119NO5. The molecular weight excluding hydrogens is 863 g/mol. The van der Waals surface area contributed by atoms with Crippen molar-refractivity contribution in [2.75, 3.05) is 13.2 Å². The summed E-state index contributed by atoms with van der Waals surface area (Å²) in [6.07, 6.45) is 75.7. The molecule has 0 fully saturated rings. The van der Waals surface area contributed by atoms with Crippen molar-refractivity contribution in [3.8, 4) is 0 Å². The number of hydrogen-bond donors (Lipinski definition) is 3. The van der Waals surface area contributed by atoms with Gasteiger partial charge >= 0.3 is 5.97 Å². The van der Waals surface area contributed by atoms with Crippen molar-refractivity contribution in [1.82, 2.24) is 5.32 Å². The first kappa shape index (κ1) is 67.8. The van der Waals surface area contributed by atoms with E-state index >= 15 is 0 Å². The van der Waals surface area contributed by atoms with Crippen LogP contribution in [0.4, 0.5) is 0 Å². The molecule has 70 heavy (non-hydrogen) atoms. The van der Waals surface area contributed by atoms with Crippen LogP contribution in [0, 0.1) is 0 Å². The molecule has 3 N–H and O–H groups in total. The SMILES string of the molecule is CCCCC/C=C\C/C=C\CCCCCCCC(=O)OCCCCCCCCCCC/C=C\CCCCCCCCCC(=O)NC(CO)C(O)/C=C/CCCCCCCCCCCCCCCCCC. The van der Waals surface area contributed by atoms with E-state index in [-0.39, 0.29) is 18.5 Å². The number of nitrogens with one attached hydrogen (secondary N) is 1. The lowest BCUT2D eigenvalue weighted by Crippen LogP contribution is -2.45. The number of carbonyl (C=O) groups excluding carboxylic acids is 2. The second-order valence-corrected chi connectivity index (χ2v) is 21.0. The van der Waals surface area contributed by atoms with E-state index in [9.17, 15) is 19.8 Å². The highest BCUT2D eigenvalue weighted by molar-refractivity contribution is 5.76. The summed E-state index contributed by atoms with van der Waals surface area (Å²) in [5.74, 6) is -0.0843. The van der Waals surface area contributed by atoms with E-state index in [0.29, 0.717) is 19.4 Å². The maximum Gasteiger partial charge on any atom is 0.305 e. The normalized spacial score (nSPS) is 12.9. The highest BCUT2D eigenvalue weighted by Crippen LogP contribution is 2.16. The van der Waals surface area contributed by atoms with Crippen LogP contribution < -0.4 is 5.32 Å². The Morgan fingerprint density at radius 1 is 0.400 bits per heavy atom. The molecule has 6 heteroatoms. The fourth-order valence-corrected chi connectivity index (χ4v) is 9.31. The van der Waals surface area contributed by atoms with Crippen LogP contribution in [0.2, 0.25) is 0 Å². The second-order valence-electron chi connectivity index (χ2n) is 21.0. The van der Waals surface area contributed by atoms with Gasteiger partial charge < -0.3 is 20.3 Å². The third kappa shape index (κ3) is 55.1. The van der Waals surface area contributed by atoms with Crippen molar-refractivity contribution in [1.29, 1.82) is 0 Å². The van der Waals surface area contributed by atoms with Crippen LogP contribution >= 0.6 is 0 Å². The van der Waals surface area contributed by atoms with E-state index in [1.54, 1.807) is 6.08 Å². The zero-order valence-corrected chi connectivity index (χ0v) is 46.7. The molecule has 0 aliphatic heterocycles. The van der Waals surface area contributed by atoms with Gasteiger partial charge in [-0.3, -0.25) is 9.59 Å². The lowest BCUT2D eigenvalue weighted by molar-refractivity contribution is -0.143. The van der Waals surface area contributed by atoms with Gasteiger partial charge in [-0.25, -0.2) is 0 Å². The van der Waals surface area contributed by atoms with Gasteiger partial charge in [-0.2, -0.15) is 0 Å². The number of rotatable bonds is 57. The van der Waals surface area contributed by atoms with Crippen LogP contribution in [0.1, 0.15) is 322 Å². The van der Waals surface area contributed by atoms with E-state index in [2.05, 4.69) is 55.6 Å². The molecule has 0 saturated carbocycles. The van der Waals surface area contributed by atoms with E-state index in [1.807, 2.05) is 6.08 Å². The topological polar surface area (TPSA) is 95.9 Å². The zero-order chi connectivity index (χ0) is 50.7. The molecule has 0 aromatic rings. The van der Waals surface area contributed by atoms with Gasteiger partial charge in [0.15, 0.2) is 0 Å². The molecule has 0 radical (unpaired) electrons. The molecule has 0 saturated heterocycles. The predicted molar refractivity (Wildman–Crippen MR) is 306 cm³/mol. The summed E-state index contributed by atoms with van der Waals surface area (Å²) in [5.41, 5.74) is 0. The number of amides is 1. The molecule has 0 bridgehead atoms. The largest absolute Gasteiger partial charge is 0.466 e. The first-order chi connectivity index (χ1) is 34.5. The van der Waals surface area contributed by atoms with Gasteiger partial charge in [0.1, 0.15) is 0 Å². The lowest BCUT2D eigenvalue weighted by Gasteiger charge is -2.20. The second kappa shape index (κ2) is 59.4. The van der Waals surface area contributed by atoms with Crippen molar-refractivity contribution < 1.29 is 24.5 Å². The summed E-state index contributed by atoms with van der Waals surface area (Å²) >= 11 is 0. The number of allylic oxidation sites excluding steroid dienone is 7. The number of hydrogen-bond acceptors (Lipinski definition) is 5. The number of esters is 1. The van der Waals surface area contributed by atoms with Gasteiger partial charge in [0.05, 0.1) is 25.4 Å². The number of ether oxygens (including phenoxy) is 1. The van der Waals surface area contributed by atoms with Gasteiger partial charge in [0.25, 0.3) is 0 Å². The summed E-state index contributed by atoms with van der Waals surface area (Å²) in [4.78, 5) is 24.5. The van der Waals surface area contributed by atoms with Crippen LogP contribution in [-0.4, -0.2) is 47.4 Å². The van der Waals surface area contributed by atoms with Crippen molar-refractivity contribution in [2.45, 2.75) is 334 Å². The van der Waals surface area contributed by atoms with Crippen molar-refractivity contribution in [2.24, 2.45) is 0 Å². The summed E-state index contributed by atoms with van der Waals surface area (Å²) in [7, 11) is 0. The number of aliphatic hydroxyl groups excluding tert-OH is 2. The number of unbranched alkanes of at least 4 members (excludes halogenated alkanes) is 40. The number of aliphatic hydroxyl groups is 2. The molecule has 0 heterocycles. The standard InChI is InChI=1S/C64H119NO5/c1-3-5-7-9-11-13-15-17-19-20-25-29-32-36-40-44-48-52-56-62(67)61(60-66)65-63(68)57-53-49-45-41-37-33-30-26-23-21-22-24-27-31-35-39-43-47-51-55-59-70-64(69)58-54-50-46-42-38-34-28-18-16-14-12-10-8-6-4-2/h12,14,18,21,23,28,52,56,61-62,66-67H,3-11,13,15-17,19-20,22,24-27,29-51,53-55,57-60H2,1-2H3,(H,65,68)/b14-12-,23-21-,28-18-,56-52+. The highest BCUT2D eigenvalue weighted by Gasteiger charge is 2.18. The van der Waals surface area contributed by atoms with Gasteiger partial charge in [-0.1, -0.05) is 268 Å². The van der Waals surface area contributed by atoms with Crippen molar-refractivity contribution >= 4 is 11.9 Å². The average molecular weight is 983 g/mol. The van der Waals surface area contributed by atoms with Gasteiger partial charge in [0, 0.05) is 12.8 Å². The Kier molecular flexibility index (Phi) is 57.5. The van der Waals surface area contributed by atoms with Gasteiger partial charge in [0.2, 0.25) is 5.91 Å². The van der Waals surface area contributed by atoms with Crippen LogP contribution in [0.15, 0.2) is 48.6 Å². The van der Waals surface area contributed by atoms with Gasteiger partial charge in [-0.15, -0.1) is 0 Å². The fourth-order valence-electron chi connectivity index (χ4n) is 9.31. The molecule has 1 amide bonds. The van der Waals surface area contributed by atoms with Crippen LogP contribution in [0.5, 0.6) is 0 Å². The van der Waals surface area contributed by atoms with Crippen LogP contribution in [0.25, 0.3) is 0 Å². The Balaban J connectivity index is 3.47. The van der Waals surface area contributed by atoms with E-state index < -0.39 is 12.1 Å². The molecule has 0 rings (SSSR count). The maximum absolute atomic E-state index is 12.5. The zero-order valence-electron chi connectivity index (χ0n) is 46.7. The average Bonchev–Trinajstić information content (AvgIpc) is 3.36. The lowest BCUT2D eigenvalue weighted by atomic mass is 10.0. The quantitative estimate of drug-likeness (QED) is 0.0321. The van der Waals surface area contributed by atoms with Crippen molar-refractivity contribution in [3.63, 3.8) is 0 Å². The van der Waals surface area contributed by atoms with E-state index in [0.717, 1.165) is 57.8 Å². The first-order valence-corrected chi connectivity index (χ1v) is 30.9. The molecule has 0 aromatic heterocycles. The van der Waals surface area contributed by atoms with Crippen molar-refractivity contribution in [3.05, 3.63) is 48.6 Å². The third-order valence-electron chi connectivity index (χ3n) is 14.1. The monoisotopic (exact) mass is 982 g/mol. The Morgan fingerprint density at radius 2 is 0.714 bits per heavy atom. The predicted octanol–water partition coefficient (Wildman–Crippen LogP) is 19.4. The summed E-state index contributed by atoms with van der Waals surface area (Å²) in [5, 5.41) is 23.2. The number of carbonyl (C=O) groups is 2. The third-order valence-corrected chi connectivity index (χ3v) is 14.1.